The van der Waals surface area contributed by atoms with Crippen molar-refractivity contribution >= 4 is 11.6 Å². The minimum absolute atomic E-state index is 0.130. The van der Waals surface area contributed by atoms with Gasteiger partial charge < -0.3 is 10.6 Å². The van der Waals surface area contributed by atoms with E-state index in [0.717, 1.165) is 16.8 Å². The zero-order valence-corrected chi connectivity index (χ0v) is 13.5. The maximum absolute atomic E-state index is 12.5. The van der Waals surface area contributed by atoms with Gasteiger partial charge in [-0.25, -0.2) is 9.67 Å². The number of hydrogen-bond donors (Lipinski definition) is 2. The van der Waals surface area contributed by atoms with Crippen LogP contribution in [0.15, 0.2) is 49.3 Å². The van der Waals surface area contributed by atoms with E-state index in [2.05, 4.69) is 25.8 Å². The van der Waals surface area contributed by atoms with E-state index in [1.807, 2.05) is 37.5 Å². The fourth-order valence-electron chi connectivity index (χ4n) is 2.45. The van der Waals surface area contributed by atoms with Crippen LogP contribution in [0.5, 0.6) is 0 Å². The van der Waals surface area contributed by atoms with Crippen LogP contribution in [0.3, 0.4) is 0 Å². The molecular weight excluding hydrogens is 306 g/mol. The van der Waals surface area contributed by atoms with E-state index in [9.17, 15) is 4.79 Å². The SMILES string of the molecule is CNC(C(=O)Nc1ccc(Cn2cncn2)cc1)c1cnn(C)c1. The van der Waals surface area contributed by atoms with Gasteiger partial charge in [-0.1, -0.05) is 12.1 Å². The van der Waals surface area contributed by atoms with Crippen molar-refractivity contribution in [2.24, 2.45) is 7.05 Å². The molecule has 0 fully saturated rings. The molecule has 0 bridgehead atoms. The van der Waals surface area contributed by atoms with Crippen molar-refractivity contribution in [1.29, 1.82) is 0 Å². The van der Waals surface area contributed by atoms with Crippen molar-refractivity contribution in [3.8, 4) is 0 Å². The second-order valence-electron chi connectivity index (χ2n) is 5.45. The van der Waals surface area contributed by atoms with Crippen molar-refractivity contribution in [3.63, 3.8) is 0 Å². The molecule has 1 unspecified atom stereocenters. The predicted molar refractivity (Wildman–Crippen MR) is 89.2 cm³/mol. The Bertz CT molecular complexity index is 792. The molecule has 8 nitrogen and oxygen atoms in total. The fraction of sp³-hybridized carbons (Fsp3) is 0.250. The predicted octanol–water partition coefficient (Wildman–Crippen LogP) is 0.959. The van der Waals surface area contributed by atoms with Crippen molar-refractivity contribution in [2.45, 2.75) is 12.6 Å². The fourth-order valence-corrected chi connectivity index (χ4v) is 2.45. The Morgan fingerprint density at radius 2 is 2.04 bits per heavy atom. The second kappa shape index (κ2) is 7.05. The third-order valence-electron chi connectivity index (χ3n) is 3.64. The molecule has 0 aliphatic carbocycles. The molecule has 124 valence electrons. The van der Waals surface area contributed by atoms with E-state index in [0.29, 0.717) is 6.54 Å². The average Bonchev–Trinajstić information content (AvgIpc) is 3.22. The maximum Gasteiger partial charge on any atom is 0.246 e. The van der Waals surface area contributed by atoms with Crippen LogP contribution in [0.1, 0.15) is 17.2 Å². The molecule has 0 aliphatic rings. The van der Waals surface area contributed by atoms with Crippen LogP contribution < -0.4 is 10.6 Å². The van der Waals surface area contributed by atoms with Crippen molar-refractivity contribution in [2.75, 3.05) is 12.4 Å². The van der Waals surface area contributed by atoms with Gasteiger partial charge in [-0.3, -0.25) is 9.48 Å². The minimum atomic E-state index is -0.450. The zero-order chi connectivity index (χ0) is 16.9. The second-order valence-corrected chi connectivity index (χ2v) is 5.45. The largest absolute Gasteiger partial charge is 0.324 e. The van der Waals surface area contributed by atoms with Gasteiger partial charge in [0.25, 0.3) is 0 Å². The van der Waals surface area contributed by atoms with E-state index in [1.54, 1.807) is 28.9 Å². The Kier molecular flexibility index (Phi) is 4.66. The molecule has 0 spiro atoms. The van der Waals surface area contributed by atoms with Gasteiger partial charge in [0, 0.05) is 24.5 Å². The van der Waals surface area contributed by atoms with Gasteiger partial charge in [0.2, 0.25) is 5.91 Å². The minimum Gasteiger partial charge on any atom is -0.324 e. The molecule has 2 heterocycles. The van der Waals surface area contributed by atoms with Gasteiger partial charge in [-0.15, -0.1) is 0 Å². The van der Waals surface area contributed by atoms with E-state index in [4.69, 9.17) is 0 Å². The first-order chi connectivity index (χ1) is 11.7. The summed E-state index contributed by atoms with van der Waals surface area (Å²) in [5.74, 6) is -0.130. The van der Waals surface area contributed by atoms with Gasteiger partial charge in [-0.2, -0.15) is 10.2 Å². The highest BCUT2D eigenvalue weighted by molar-refractivity contribution is 5.95. The molecule has 0 saturated heterocycles. The van der Waals surface area contributed by atoms with Gasteiger partial charge >= 0.3 is 0 Å². The lowest BCUT2D eigenvalue weighted by atomic mass is 10.1. The molecule has 3 aromatic rings. The number of aromatic nitrogens is 5. The van der Waals surface area contributed by atoms with E-state index < -0.39 is 6.04 Å². The van der Waals surface area contributed by atoms with E-state index in [1.165, 1.54) is 6.33 Å². The van der Waals surface area contributed by atoms with Crippen molar-refractivity contribution < 1.29 is 4.79 Å². The summed E-state index contributed by atoms with van der Waals surface area (Å²) in [4.78, 5) is 16.4. The highest BCUT2D eigenvalue weighted by Gasteiger charge is 2.20. The molecule has 2 aromatic heterocycles. The molecule has 0 aliphatic heterocycles. The molecule has 1 aromatic carbocycles. The number of nitrogens with zero attached hydrogens (tertiary/aromatic N) is 5. The number of nitrogens with one attached hydrogen (secondary N) is 2. The zero-order valence-electron chi connectivity index (χ0n) is 13.5. The molecule has 0 radical (unpaired) electrons. The summed E-state index contributed by atoms with van der Waals surface area (Å²) < 4.78 is 3.42. The first-order valence-electron chi connectivity index (χ1n) is 7.54. The molecule has 1 atom stereocenters. The molecule has 8 heteroatoms. The maximum atomic E-state index is 12.5. The summed E-state index contributed by atoms with van der Waals surface area (Å²) >= 11 is 0. The van der Waals surface area contributed by atoms with Crippen LogP contribution in [0.2, 0.25) is 0 Å². The monoisotopic (exact) mass is 325 g/mol. The van der Waals surface area contributed by atoms with Gasteiger partial charge in [0.05, 0.1) is 12.7 Å². The molecule has 2 N–H and O–H groups in total. The lowest BCUT2D eigenvalue weighted by molar-refractivity contribution is -0.118. The number of anilines is 1. The van der Waals surface area contributed by atoms with Gasteiger partial charge in [0.15, 0.2) is 0 Å². The summed E-state index contributed by atoms with van der Waals surface area (Å²) in [6.07, 6.45) is 6.68. The van der Waals surface area contributed by atoms with Crippen LogP contribution in [-0.2, 0) is 18.4 Å². The Labute approximate surface area is 139 Å². The summed E-state index contributed by atoms with van der Waals surface area (Å²) in [7, 11) is 3.57. The highest BCUT2D eigenvalue weighted by Crippen LogP contribution is 2.16. The van der Waals surface area contributed by atoms with Gasteiger partial charge in [-0.05, 0) is 24.7 Å². The van der Waals surface area contributed by atoms with Crippen LogP contribution in [0.25, 0.3) is 0 Å². The number of benzene rings is 1. The Balaban J connectivity index is 1.65. The summed E-state index contributed by atoms with van der Waals surface area (Å²) in [6, 6.07) is 7.21. The highest BCUT2D eigenvalue weighted by atomic mass is 16.2. The molecule has 1 amide bonds. The third-order valence-corrected chi connectivity index (χ3v) is 3.64. The first kappa shape index (κ1) is 15.9. The Morgan fingerprint density at radius 1 is 1.25 bits per heavy atom. The smallest absolute Gasteiger partial charge is 0.246 e. The van der Waals surface area contributed by atoms with Crippen molar-refractivity contribution in [3.05, 3.63) is 60.4 Å². The first-order valence-corrected chi connectivity index (χ1v) is 7.54. The van der Waals surface area contributed by atoms with Crippen molar-refractivity contribution in [1.82, 2.24) is 29.9 Å². The van der Waals surface area contributed by atoms with Crippen LogP contribution in [-0.4, -0.2) is 37.5 Å². The Morgan fingerprint density at radius 3 is 2.62 bits per heavy atom. The quantitative estimate of drug-likeness (QED) is 0.704. The standard InChI is InChI=1S/C16H19N7O/c1-17-15(13-7-19-22(2)9-13)16(24)21-14-5-3-12(4-6-14)8-23-11-18-10-20-23/h3-7,9-11,15,17H,8H2,1-2H3,(H,21,24). The lowest BCUT2D eigenvalue weighted by Crippen LogP contribution is -2.30. The van der Waals surface area contributed by atoms with Crippen LogP contribution in [0, 0.1) is 0 Å². The summed E-state index contributed by atoms with van der Waals surface area (Å²) in [6.45, 7) is 0.642. The number of carbonyl (C=O) groups is 1. The van der Waals surface area contributed by atoms with E-state index >= 15 is 0 Å². The average molecular weight is 325 g/mol. The number of aryl methyl sites for hydroxylation is 1. The topological polar surface area (TPSA) is 89.7 Å². The summed E-state index contributed by atoms with van der Waals surface area (Å²) in [5.41, 5.74) is 2.64. The number of hydrogen-bond acceptors (Lipinski definition) is 5. The summed E-state index contributed by atoms with van der Waals surface area (Å²) in [5, 5.41) is 14.1. The molecule has 24 heavy (non-hydrogen) atoms. The van der Waals surface area contributed by atoms with Crippen LogP contribution in [0.4, 0.5) is 5.69 Å². The number of amides is 1. The normalized spacial score (nSPS) is 12.1. The Hall–Kier alpha value is -3.00. The van der Waals surface area contributed by atoms with Gasteiger partial charge in [0.1, 0.15) is 18.7 Å². The number of likely N-dealkylation sites (N-methyl/N-ethyl adjacent to an activating group) is 1. The third kappa shape index (κ3) is 3.66. The molecular formula is C16H19N7O. The molecule has 0 saturated carbocycles. The number of carbonyl (C=O) groups excluding carboxylic acids is 1. The molecule has 3 rings (SSSR count). The van der Waals surface area contributed by atoms with Crippen LogP contribution >= 0.6 is 0 Å². The lowest BCUT2D eigenvalue weighted by Gasteiger charge is -2.14. The number of rotatable bonds is 6. The van der Waals surface area contributed by atoms with E-state index in [-0.39, 0.29) is 5.91 Å².